The summed E-state index contributed by atoms with van der Waals surface area (Å²) in [5.41, 5.74) is 8.23. The van der Waals surface area contributed by atoms with Crippen LogP contribution in [0.3, 0.4) is 0 Å². The summed E-state index contributed by atoms with van der Waals surface area (Å²) < 4.78 is 23.8. The first-order valence-electron chi connectivity index (χ1n) is 15.2. The van der Waals surface area contributed by atoms with E-state index in [0.29, 0.717) is 12.8 Å². The van der Waals surface area contributed by atoms with Crippen molar-refractivity contribution in [3.05, 3.63) is 142 Å². The van der Waals surface area contributed by atoms with Gasteiger partial charge in [-0.05, 0) is 77.1 Å². The molecule has 0 radical (unpaired) electrons. The first kappa shape index (κ1) is 29.8. The standard InChI is InChI=1S/C38H38O6/c1-23-13-11-19-28-30(43-37(39)35(41-3)25-15-7-5-8-16-25)21-27-22-31(29-20-12-14-24(2)33(29)34(27)32(23)28)44-38(40)36(42-4)26-17-9-6-10-18-26/h5-20,27,30-31,34-36H,21-22H2,1-4H3/t27?,30-,31-,34?,35+,36+/m1/s1. The van der Waals surface area contributed by atoms with Crippen LogP contribution in [0.4, 0.5) is 0 Å². The lowest BCUT2D eigenvalue weighted by Crippen LogP contribution is -2.35. The fourth-order valence-corrected chi connectivity index (χ4v) is 7.23. The highest BCUT2D eigenvalue weighted by Gasteiger charge is 2.46. The monoisotopic (exact) mass is 590 g/mol. The Morgan fingerprint density at radius 2 is 1.00 bits per heavy atom. The van der Waals surface area contributed by atoms with Crippen LogP contribution in [0.15, 0.2) is 97.1 Å². The van der Waals surface area contributed by atoms with E-state index in [9.17, 15) is 9.59 Å². The maximum absolute atomic E-state index is 13.6. The lowest BCUT2D eigenvalue weighted by molar-refractivity contribution is -0.165. The number of esters is 2. The molecule has 0 bridgehead atoms. The number of aryl methyl sites for hydroxylation is 2. The van der Waals surface area contributed by atoms with Gasteiger partial charge in [0.1, 0.15) is 12.2 Å². The summed E-state index contributed by atoms with van der Waals surface area (Å²) in [6, 6.07) is 31.3. The van der Waals surface area contributed by atoms with Gasteiger partial charge in [0.15, 0.2) is 12.2 Å². The zero-order chi connectivity index (χ0) is 30.8. The van der Waals surface area contributed by atoms with Crippen LogP contribution in [0.1, 0.15) is 87.7 Å². The number of fused-ring (bicyclic) bond motifs is 5. The quantitative estimate of drug-likeness (QED) is 0.195. The van der Waals surface area contributed by atoms with Gasteiger partial charge in [0.2, 0.25) is 0 Å². The summed E-state index contributed by atoms with van der Waals surface area (Å²) in [5.74, 6) is -0.679. The Kier molecular flexibility index (Phi) is 8.65. The lowest BCUT2D eigenvalue weighted by Gasteiger charge is -2.45. The van der Waals surface area contributed by atoms with E-state index >= 15 is 0 Å². The number of methoxy groups -OCH3 is 2. The highest BCUT2D eigenvalue weighted by atomic mass is 16.6. The van der Waals surface area contributed by atoms with E-state index < -0.39 is 36.4 Å². The molecule has 44 heavy (non-hydrogen) atoms. The molecular weight excluding hydrogens is 552 g/mol. The van der Waals surface area contributed by atoms with Gasteiger partial charge in [0, 0.05) is 20.1 Å². The molecule has 0 spiro atoms. The van der Waals surface area contributed by atoms with Crippen molar-refractivity contribution < 1.29 is 28.5 Å². The second kappa shape index (κ2) is 12.8. The number of hydrogen-bond acceptors (Lipinski definition) is 6. The molecule has 0 N–H and O–H groups in total. The summed E-state index contributed by atoms with van der Waals surface area (Å²) in [6.45, 7) is 4.24. The molecule has 0 saturated heterocycles. The smallest absolute Gasteiger partial charge is 0.340 e. The van der Waals surface area contributed by atoms with Gasteiger partial charge in [0.05, 0.1) is 0 Å². The predicted molar refractivity (Wildman–Crippen MR) is 167 cm³/mol. The van der Waals surface area contributed by atoms with Crippen molar-refractivity contribution in [2.24, 2.45) is 5.92 Å². The summed E-state index contributed by atoms with van der Waals surface area (Å²) in [7, 11) is 3.05. The topological polar surface area (TPSA) is 71.1 Å². The molecule has 0 aliphatic heterocycles. The zero-order valence-electron chi connectivity index (χ0n) is 25.6. The van der Waals surface area contributed by atoms with Gasteiger partial charge in [-0.3, -0.25) is 0 Å². The number of ether oxygens (including phenoxy) is 4. The first-order valence-corrected chi connectivity index (χ1v) is 15.2. The number of carbonyl (C=O) groups excluding carboxylic acids is 2. The van der Waals surface area contributed by atoms with Crippen molar-refractivity contribution in [2.75, 3.05) is 14.2 Å². The summed E-state index contributed by atoms with van der Waals surface area (Å²) in [6.07, 6.45) is -1.36. The third kappa shape index (κ3) is 5.56. The molecule has 6 heteroatoms. The van der Waals surface area contributed by atoms with E-state index in [0.717, 1.165) is 33.4 Å². The van der Waals surface area contributed by atoms with E-state index in [-0.39, 0.29) is 11.8 Å². The second-order valence-electron chi connectivity index (χ2n) is 11.8. The number of rotatable bonds is 8. The van der Waals surface area contributed by atoms with Crippen molar-refractivity contribution in [1.29, 1.82) is 0 Å². The highest BCUT2D eigenvalue weighted by Crippen LogP contribution is 2.56. The normalized spacial score (nSPS) is 21.6. The van der Waals surface area contributed by atoms with E-state index in [1.54, 1.807) is 0 Å². The molecule has 2 aliphatic rings. The van der Waals surface area contributed by atoms with Crippen LogP contribution in [0.25, 0.3) is 0 Å². The van der Waals surface area contributed by atoms with Gasteiger partial charge in [-0.2, -0.15) is 0 Å². The molecule has 6 rings (SSSR count). The first-order chi connectivity index (χ1) is 21.4. The second-order valence-corrected chi connectivity index (χ2v) is 11.8. The third-order valence-corrected chi connectivity index (χ3v) is 9.16. The fraction of sp³-hybridized carbons (Fsp3) is 0.316. The van der Waals surface area contributed by atoms with E-state index in [1.165, 1.54) is 25.3 Å². The van der Waals surface area contributed by atoms with Gasteiger partial charge < -0.3 is 18.9 Å². The van der Waals surface area contributed by atoms with Crippen LogP contribution in [0.2, 0.25) is 0 Å². The van der Waals surface area contributed by atoms with Crippen molar-refractivity contribution in [3.8, 4) is 0 Å². The van der Waals surface area contributed by atoms with Crippen LogP contribution in [0, 0.1) is 19.8 Å². The van der Waals surface area contributed by atoms with Gasteiger partial charge in [-0.15, -0.1) is 0 Å². The SMILES string of the molecule is CO[C@H](C(=O)O[C@@H]1CC2C[C@@H](OC(=O)[C@@H](OC)c3ccccc3)c3cccc(C)c3C2c2c(C)cccc21)c1ccccc1. The Labute approximate surface area is 258 Å². The lowest BCUT2D eigenvalue weighted by atomic mass is 9.62. The van der Waals surface area contributed by atoms with Gasteiger partial charge in [-0.1, -0.05) is 97.1 Å². The highest BCUT2D eigenvalue weighted by molar-refractivity contribution is 5.78. The summed E-state index contributed by atoms with van der Waals surface area (Å²) in [4.78, 5) is 27.1. The third-order valence-electron chi connectivity index (χ3n) is 9.16. The molecule has 4 aromatic rings. The molecule has 0 saturated carbocycles. The molecule has 4 atom stereocenters. The average molecular weight is 591 g/mol. The average Bonchev–Trinajstić information content (AvgIpc) is 3.03. The molecular formula is C38H38O6. The van der Waals surface area contributed by atoms with E-state index in [4.69, 9.17) is 18.9 Å². The van der Waals surface area contributed by atoms with Crippen LogP contribution < -0.4 is 0 Å². The molecule has 0 aromatic heterocycles. The van der Waals surface area contributed by atoms with Gasteiger partial charge in [0.25, 0.3) is 0 Å². The summed E-state index contributed by atoms with van der Waals surface area (Å²) >= 11 is 0. The van der Waals surface area contributed by atoms with Crippen molar-refractivity contribution in [3.63, 3.8) is 0 Å². The van der Waals surface area contributed by atoms with Gasteiger partial charge >= 0.3 is 11.9 Å². The number of hydrogen-bond donors (Lipinski definition) is 0. The maximum atomic E-state index is 13.6. The predicted octanol–water partition coefficient (Wildman–Crippen LogP) is 7.80. The molecule has 0 amide bonds. The van der Waals surface area contributed by atoms with Crippen molar-refractivity contribution in [1.82, 2.24) is 0 Å². The molecule has 226 valence electrons. The number of carbonyl (C=O) groups is 2. The fourth-order valence-electron chi connectivity index (χ4n) is 7.23. The minimum Gasteiger partial charge on any atom is -0.455 e. The van der Waals surface area contributed by atoms with Crippen LogP contribution >= 0.6 is 0 Å². The van der Waals surface area contributed by atoms with Gasteiger partial charge in [-0.25, -0.2) is 9.59 Å². The molecule has 2 aliphatic carbocycles. The largest absolute Gasteiger partial charge is 0.455 e. The molecule has 4 aromatic carbocycles. The van der Waals surface area contributed by atoms with E-state index in [2.05, 4.69) is 38.1 Å². The maximum Gasteiger partial charge on any atom is 0.340 e. The number of benzene rings is 4. The van der Waals surface area contributed by atoms with E-state index in [1.807, 2.05) is 72.8 Å². The Morgan fingerprint density at radius 1 is 0.591 bits per heavy atom. The minimum atomic E-state index is -0.825. The van der Waals surface area contributed by atoms with Crippen LogP contribution in [-0.4, -0.2) is 26.2 Å². The molecule has 6 nitrogen and oxygen atoms in total. The molecule has 0 unspecified atom stereocenters. The van der Waals surface area contributed by atoms with Crippen molar-refractivity contribution >= 4 is 11.9 Å². The Hall–Kier alpha value is -4.26. The Bertz CT molecular complexity index is 1510. The molecule has 0 fully saturated rings. The molecule has 0 heterocycles. The Morgan fingerprint density at radius 3 is 1.39 bits per heavy atom. The summed E-state index contributed by atoms with van der Waals surface area (Å²) in [5, 5.41) is 0. The zero-order valence-corrected chi connectivity index (χ0v) is 25.6. The Balaban J connectivity index is 1.36. The van der Waals surface area contributed by atoms with Crippen molar-refractivity contribution in [2.45, 2.75) is 57.0 Å². The van der Waals surface area contributed by atoms with Crippen LogP contribution in [-0.2, 0) is 28.5 Å². The van der Waals surface area contributed by atoms with Crippen LogP contribution in [0.5, 0.6) is 0 Å². The minimum absolute atomic E-state index is 0.0724.